The van der Waals surface area contributed by atoms with E-state index in [1.807, 2.05) is 31.2 Å². The summed E-state index contributed by atoms with van der Waals surface area (Å²) >= 11 is 5.81. The Labute approximate surface area is 129 Å². The van der Waals surface area contributed by atoms with Crippen molar-refractivity contribution >= 4 is 17.5 Å². The summed E-state index contributed by atoms with van der Waals surface area (Å²) in [4.78, 5) is 12.0. The van der Waals surface area contributed by atoms with Gasteiger partial charge in [0.05, 0.1) is 24.1 Å². The summed E-state index contributed by atoms with van der Waals surface area (Å²) < 4.78 is 0. The van der Waals surface area contributed by atoms with Crippen molar-refractivity contribution in [2.75, 3.05) is 0 Å². The van der Waals surface area contributed by atoms with E-state index in [0.717, 1.165) is 11.1 Å². The zero-order valence-electron chi connectivity index (χ0n) is 11.6. The second kappa shape index (κ2) is 6.92. The maximum Gasteiger partial charge on any atom is 0.224 e. The SMILES string of the molecule is CC(NC(=O)Cc1ccc(Cl)cc1)c1ccc(C#N)cc1. The van der Waals surface area contributed by atoms with E-state index in [2.05, 4.69) is 11.4 Å². The molecule has 0 fully saturated rings. The van der Waals surface area contributed by atoms with Crippen molar-refractivity contribution in [3.8, 4) is 6.07 Å². The maximum atomic E-state index is 12.0. The van der Waals surface area contributed by atoms with Gasteiger partial charge in [-0.15, -0.1) is 0 Å². The Morgan fingerprint density at radius 3 is 2.38 bits per heavy atom. The Bertz CT molecular complexity index is 657. The van der Waals surface area contributed by atoms with Crippen LogP contribution in [0, 0.1) is 11.3 Å². The normalized spacial score (nSPS) is 11.5. The summed E-state index contributed by atoms with van der Waals surface area (Å²) in [5.41, 5.74) is 2.50. The van der Waals surface area contributed by atoms with Gasteiger partial charge in [-0.3, -0.25) is 4.79 Å². The number of nitrogens with zero attached hydrogens (tertiary/aromatic N) is 1. The molecule has 0 aliphatic heterocycles. The second-order valence-electron chi connectivity index (χ2n) is 4.83. The van der Waals surface area contributed by atoms with Gasteiger partial charge >= 0.3 is 0 Å². The Morgan fingerprint density at radius 2 is 1.81 bits per heavy atom. The van der Waals surface area contributed by atoms with Gasteiger partial charge in [-0.25, -0.2) is 0 Å². The lowest BCUT2D eigenvalue weighted by atomic mass is 10.1. The van der Waals surface area contributed by atoms with Gasteiger partial charge in [0.15, 0.2) is 0 Å². The monoisotopic (exact) mass is 298 g/mol. The van der Waals surface area contributed by atoms with Crippen LogP contribution in [0.3, 0.4) is 0 Å². The molecular formula is C17H15ClN2O. The van der Waals surface area contributed by atoms with Crippen LogP contribution in [0.1, 0.15) is 29.7 Å². The molecule has 2 aromatic carbocycles. The fourth-order valence-corrected chi connectivity index (χ4v) is 2.14. The van der Waals surface area contributed by atoms with Crippen LogP contribution < -0.4 is 5.32 Å². The Kier molecular flexibility index (Phi) is 4.97. The van der Waals surface area contributed by atoms with E-state index in [1.165, 1.54) is 0 Å². The number of carbonyl (C=O) groups excluding carboxylic acids is 1. The summed E-state index contributed by atoms with van der Waals surface area (Å²) in [6, 6.07) is 16.4. The van der Waals surface area contributed by atoms with Gasteiger partial charge in [0.25, 0.3) is 0 Å². The van der Waals surface area contributed by atoms with Crippen molar-refractivity contribution in [3.63, 3.8) is 0 Å². The van der Waals surface area contributed by atoms with Gasteiger partial charge in [0.1, 0.15) is 0 Å². The number of nitrogens with one attached hydrogen (secondary N) is 1. The number of hydrogen-bond acceptors (Lipinski definition) is 2. The molecule has 21 heavy (non-hydrogen) atoms. The number of halogens is 1. The van der Waals surface area contributed by atoms with E-state index in [9.17, 15) is 4.79 Å². The average Bonchev–Trinajstić information content (AvgIpc) is 2.49. The molecular weight excluding hydrogens is 284 g/mol. The molecule has 106 valence electrons. The zero-order chi connectivity index (χ0) is 15.2. The summed E-state index contributed by atoms with van der Waals surface area (Å²) in [6.45, 7) is 1.92. The molecule has 0 aliphatic carbocycles. The van der Waals surface area contributed by atoms with E-state index in [1.54, 1.807) is 24.3 Å². The van der Waals surface area contributed by atoms with Crippen molar-refractivity contribution < 1.29 is 4.79 Å². The van der Waals surface area contributed by atoms with Gasteiger partial charge in [0.2, 0.25) is 5.91 Å². The van der Waals surface area contributed by atoms with Crippen LogP contribution in [-0.2, 0) is 11.2 Å². The molecule has 0 radical (unpaired) electrons. The minimum Gasteiger partial charge on any atom is -0.349 e. The number of benzene rings is 2. The number of amides is 1. The van der Waals surface area contributed by atoms with Gasteiger partial charge in [0, 0.05) is 5.02 Å². The molecule has 0 heterocycles. The van der Waals surface area contributed by atoms with Crippen LogP contribution in [0.25, 0.3) is 0 Å². The van der Waals surface area contributed by atoms with Gasteiger partial charge in [-0.1, -0.05) is 35.9 Å². The maximum absolute atomic E-state index is 12.0. The molecule has 0 aromatic heterocycles. The van der Waals surface area contributed by atoms with Gasteiger partial charge < -0.3 is 5.32 Å². The van der Waals surface area contributed by atoms with E-state index < -0.39 is 0 Å². The first kappa shape index (κ1) is 15.1. The molecule has 2 aromatic rings. The molecule has 1 N–H and O–H groups in total. The first-order chi connectivity index (χ1) is 10.1. The minimum absolute atomic E-state index is 0.0471. The van der Waals surface area contributed by atoms with Crippen LogP contribution in [0.4, 0.5) is 0 Å². The fraction of sp³-hybridized carbons (Fsp3) is 0.176. The smallest absolute Gasteiger partial charge is 0.224 e. The highest BCUT2D eigenvalue weighted by molar-refractivity contribution is 6.30. The molecule has 0 saturated heterocycles. The topological polar surface area (TPSA) is 52.9 Å². The van der Waals surface area contributed by atoms with Crippen LogP contribution in [-0.4, -0.2) is 5.91 Å². The first-order valence-corrected chi connectivity index (χ1v) is 7.00. The largest absolute Gasteiger partial charge is 0.349 e. The van der Waals surface area contributed by atoms with Crippen molar-refractivity contribution in [2.24, 2.45) is 0 Å². The number of hydrogen-bond donors (Lipinski definition) is 1. The summed E-state index contributed by atoms with van der Waals surface area (Å²) in [5.74, 6) is -0.0471. The number of rotatable bonds is 4. The van der Waals surface area contributed by atoms with Crippen molar-refractivity contribution in [1.29, 1.82) is 5.26 Å². The van der Waals surface area contributed by atoms with Gasteiger partial charge in [-0.05, 0) is 42.3 Å². The molecule has 1 unspecified atom stereocenters. The lowest BCUT2D eigenvalue weighted by Crippen LogP contribution is -2.28. The molecule has 0 saturated carbocycles. The zero-order valence-corrected chi connectivity index (χ0v) is 12.4. The highest BCUT2D eigenvalue weighted by Crippen LogP contribution is 2.14. The lowest BCUT2D eigenvalue weighted by molar-refractivity contribution is -0.121. The molecule has 1 amide bonds. The van der Waals surface area contributed by atoms with Crippen LogP contribution in [0.15, 0.2) is 48.5 Å². The van der Waals surface area contributed by atoms with Crippen molar-refractivity contribution in [1.82, 2.24) is 5.32 Å². The first-order valence-electron chi connectivity index (χ1n) is 6.62. The molecule has 0 spiro atoms. The van der Waals surface area contributed by atoms with Crippen molar-refractivity contribution in [2.45, 2.75) is 19.4 Å². The third kappa shape index (κ3) is 4.34. The molecule has 0 aliphatic rings. The number of carbonyl (C=O) groups is 1. The Balaban J connectivity index is 1.95. The molecule has 1 atom stereocenters. The minimum atomic E-state index is -0.0995. The van der Waals surface area contributed by atoms with E-state index in [-0.39, 0.29) is 11.9 Å². The summed E-state index contributed by atoms with van der Waals surface area (Å²) in [5, 5.41) is 12.4. The van der Waals surface area contributed by atoms with Crippen LogP contribution in [0.2, 0.25) is 5.02 Å². The second-order valence-corrected chi connectivity index (χ2v) is 5.26. The highest BCUT2D eigenvalue weighted by atomic mass is 35.5. The fourth-order valence-electron chi connectivity index (χ4n) is 2.01. The van der Waals surface area contributed by atoms with E-state index in [0.29, 0.717) is 17.0 Å². The van der Waals surface area contributed by atoms with Crippen molar-refractivity contribution in [3.05, 3.63) is 70.2 Å². The Hall–Kier alpha value is -2.31. The predicted molar refractivity (Wildman–Crippen MR) is 82.9 cm³/mol. The average molecular weight is 299 g/mol. The Morgan fingerprint density at radius 1 is 1.19 bits per heavy atom. The predicted octanol–water partition coefficient (Wildman–Crippen LogP) is 3.63. The van der Waals surface area contributed by atoms with Crippen LogP contribution >= 0.6 is 11.6 Å². The van der Waals surface area contributed by atoms with E-state index >= 15 is 0 Å². The highest BCUT2D eigenvalue weighted by Gasteiger charge is 2.10. The summed E-state index contributed by atoms with van der Waals surface area (Å²) in [7, 11) is 0. The standard InChI is InChI=1S/C17H15ClN2O/c1-12(15-6-2-14(11-19)3-7-15)20-17(21)10-13-4-8-16(18)9-5-13/h2-9,12H,10H2,1H3,(H,20,21). The lowest BCUT2D eigenvalue weighted by Gasteiger charge is -2.14. The summed E-state index contributed by atoms with van der Waals surface area (Å²) in [6.07, 6.45) is 0.317. The third-order valence-electron chi connectivity index (χ3n) is 3.20. The quantitative estimate of drug-likeness (QED) is 0.937. The molecule has 2 rings (SSSR count). The molecule has 4 heteroatoms. The van der Waals surface area contributed by atoms with Gasteiger partial charge in [-0.2, -0.15) is 5.26 Å². The van der Waals surface area contributed by atoms with Crippen LogP contribution in [0.5, 0.6) is 0 Å². The third-order valence-corrected chi connectivity index (χ3v) is 3.45. The molecule has 3 nitrogen and oxygen atoms in total. The van der Waals surface area contributed by atoms with E-state index in [4.69, 9.17) is 16.9 Å². The molecule has 0 bridgehead atoms. The number of nitriles is 1.